The Bertz CT molecular complexity index is 553. The predicted molar refractivity (Wildman–Crippen MR) is 59.2 cm³/mol. The van der Waals surface area contributed by atoms with Crippen LogP contribution in [0.1, 0.15) is 11.5 Å². The van der Waals surface area contributed by atoms with Crippen LogP contribution in [0.2, 0.25) is 0 Å². The molecular weight excluding hydrogens is 204 g/mol. The largest absolute Gasteiger partial charge is 0.495 e. The molecule has 0 aliphatic heterocycles. The van der Waals surface area contributed by atoms with Gasteiger partial charge in [-0.15, -0.1) is 0 Å². The van der Waals surface area contributed by atoms with Crippen molar-refractivity contribution in [1.82, 2.24) is 14.7 Å². The Morgan fingerprint density at radius 1 is 1.56 bits per heavy atom. The molecule has 5 heteroatoms. The predicted octanol–water partition coefficient (Wildman–Crippen LogP) is 0.934. The van der Waals surface area contributed by atoms with Crippen molar-refractivity contribution >= 4 is 5.52 Å². The highest BCUT2D eigenvalue weighted by Crippen LogP contribution is 2.17. The van der Waals surface area contributed by atoms with Gasteiger partial charge in [-0.2, -0.15) is 5.26 Å². The van der Waals surface area contributed by atoms with E-state index >= 15 is 0 Å². The molecule has 0 aromatic carbocycles. The second-order valence-corrected chi connectivity index (χ2v) is 3.34. The Morgan fingerprint density at radius 3 is 3.00 bits per heavy atom. The number of nitriles is 1. The Balaban J connectivity index is 2.66. The Morgan fingerprint density at radius 2 is 2.38 bits per heavy atom. The van der Waals surface area contributed by atoms with Crippen molar-refractivity contribution in [3.05, 3.63) is 29.8 Å². The summed E-state index contributed by atoms with van der Waals surface area (Å²) in [5.74, 6) is 1.54. The van der Waals surface area contributed by atoms with Gasteiger partial charge in [-0.05, 0) is 19.2 Å². The smallest absolute Gasteiger partial charge is 0.166 e. The Labute approximate surface area is 93.3 Å². The zero-order valence-electron chi connectivity index (χ0n) is 9.19. The molecule has 0 bridgehead atoms. The third-order valence-electron chi connectivity index (χ3n) is 2.36. The summed E-state index contributed by atoms with van der Waals surface area (Å²) in [4.78, 5) is 4.26. The van der Waals surface area contributed by atoms with E-state index in [4.69, 9.17) is 10.00 Å². The highest BCUT2D eigenvalue weighted by Gasteiger charge is 2.10. The molecule has 0 atom stereocenters. The summed E-state index contributed by atoms with van der Waals surface area (Å²) in [5, 5.41) is 12.0. The number of ether oxygens (including phenoxy) is 1. The summed E-state index contributed by atoms with van der Waals surface area (Å²) in [7, 11) is 3.45. The molecule has 0 aliphatic carbocycles. The molecule has 0 unspecified atom stereocenters. The Kier molecular flexibility index (Phi) is 2.75. The van der Waals surface area contributed by atoms with Gasteiger partial charge in [0.25, 0.3) is 0 Å². The number of pyridine rings is 1. The molecule has 0 saturated heterocycles. The van der Waals surface area contributed by atoms with E-state index in [2.05, 4.69) is 16.4 Å². The highest BCUT2D eigenvalue weighted by atomic mass is 16.5. The molecule has 2 rings (SSSR count). The van der Waals surface area contributed by atoms with Crippen LogP contribution in [-0.2, 0) is 6.54 Å². The maximum absolute atomic E-state index is 8.97. The van der Waals surface area contributed by atoms with Crippen molar-refractivity contribution in [3.8, 4) is 11.8 Å². The van der Waals surface area contributed by atoms with E-state index in [0.717, 1.165) is 17.1 Å². The molecular formula is C11H12N4O. The van der Waals surface area contributed by atoms with Crippen molar-refractivity contribution in [2.45, 2.75) is 6.54 Å². The lowest BCUT2D eigenvalue weighted by Gasteiger charge is -2.03. The minimum absolute atomic E-state index is 0.438. The number of nitrogens with zero attached hydrogens (tertiary/aromatic N) is 3. The van der Waals surface area contributed by atoms with Crippen LogP contribution in [0.5, 0.6) is 5.75 Å². The van der Waals surface area contributed by atoms with Crippen molar-refractivity contribution in [2.75, 3.05) is 14.2 Å². The normalized spacial score (nSPS) is 10.3. The van der Waals surface area contributed by atoms with Crippen molar-refractivity contribution in [3.63, 3.8) is 0 Å². The molecule has 2 aromatic rings. The van der Waals surface area contributed by atoms with Crippen LogP contribution in [0.4, 0.5) is 0 Å². The second kappa shape index (κ2) is 4.21. The monoisotopic (exact) mass is 216 g/mol. The van der Waals surface area contributed by atoms with Crippen LogP contribution in [0, 0.1) is 11.3 Å². The van der Waals surface area contributed by atoms with Crippen LogP contribution < -0.4 is 10.1 Å². The van der Waals surface area contributed by atoms with Crippen LogP contribution in [0.15, 0.2) is 18.3 Å². The molecule has 82 valence electrons. The van der Waals surface area contributed by atoms with Gasteiger partial charge in [0.15, 0.2) is 5.69 Å². The van der Waals surface area contributed by atoms with Gasteiger partial charge in [-0.1, -0.05) is 0 Å². The maximum atomic E-state index is 8.97. The van der Waals surface area contributed by atoms with Crippen LogP contribution in [0.25, 0.3) is 5.52 Å². The van der Waals surface area contributed by atoms with Gasteiger partial charge in [-0.25, -0.2) is 4.98 Å². The first-order valence-corrected chi connectivity index (χ1v) is 4.90. The lowest BCUT2D eigenvalue weighted by atomic mass is 10.3. The SMILES string of the molecule is CNCc1nc(C#N)c2ccc(OC)cn12. The number of nitrogens with one attached hydrogen (secondary N) is 1. The van der Waals surface area contributed by atoms with Gasteiger partial charge in [0.1, 0.15) is 17.6 Å². The number of rotatable bonds is 3. The summed E-state index contributed by atoms with van der Waals surface area (Å²) < 4.78 is 7.02. The molecule has 0 spiro atoms. The minimum atomic E-state index is 0.438. The average molecular weight is 216 g/mol. The quantitative estimate of drug-likeness (QED) is 0.829. The van der Waals surface area contributed by atoms with Crippen molar-refractivity contribution in [1.29, 1.82) is 5.26 Å². The number of methoxy groups -OCH3 is 1. The van der Waals surface area contributed by atoms with Crippen LogP contribution in [0.3, 0.4) is 0 Å². The third kappa shape index (κ3) is 1.59. The summed E-state index contributed by atoms with van der Waals surface area (Å²) in [6.45, 7) is 0.607. The Hall–Kier alpha value is -2.06. The molecule has 2 heterocycles. The third-order valence-corrected chi connectivity index (χ3v) is 2.36. The van der Waals surface area contributed by atoms with E-state index in [0.29, 0.717) is 12.2 Å². The maximum Gasteiger partial charge on any atom is 0.166 e. The molecule has 0 fully saturated rings. The zero-order chi connectivity index (χ0) is 11.5. The van der Waals surface area contributed by atoms with Gasteiger partial charge in [0.05, 0.1) is 25.4 Å². The van der Waals surface area contributed by atoms with E-state index in [1.54, 1.807) is 7.11 Å². The number of aromatic nitrogens is 2. The first-order chi connectivity index (χ1) is 7.80. The fourth-order valence-electron chi connectivity index (χ4n) is 1.61. The molecule has 0 saturated carbocycles. The van der Waals surface area contributed by atoms with E-state index in [1.807, 2.05) is 29.8 Å². The van der Waals surface area contributed by atoms with E-state index in [9.17, 15) is 0 Å². The molecule has 5 nitrogen and oxygen atoms in total. The van der Waals surface area contributed by atoms with Crippen LogP contribution in [-0.4, -0.2) is 23.5 Å². The fourth-order valence-corrected chi connectivity index (χ4v) is 1.61. The first kappa shape index (κ1) is 10.5. The molecule has 0 amide bonds. The summed E-state index contributed by atoms with van der Waals surface area (Å²) in [6, 6.07) is 5.74. The topological polar surface area (TPSA) is 62.3 Å². The number of imidazole rings is 1. The molecule has 0 radical (unpaired) electrons. The summed E-state index contributed by atoms with van der Waals surface area (Å²) in [6.07, 6.45) is 1.83. The van der Waals surface area contributed by atoms with E-state index in [1.165, 1.54) is 0 Å². The standard InChI is InChI=1S/C11H12N4O/c1-13-6-11-14-9(5-12)10-4-3-8(16-2)7-15(10)11/h3-4,7,13H,6H2,1-2H3. The van der Waals surface area contributed by atoms with Gasteiger partial charge in [-0.3, -0.25) is 4.40 Å². The van der Waals surface area contributed by atoms with E-state index < -0.39 is 0 Å². The summed E-state index contributed by atoms with van der Waals surface area (Å²) >= 11 is 0. The van der Waals surface area contributed by atoms with Gasteiger partial charge < -0.3 is 10.1 Å². The molecule has 0 aliphatic rings. The first-order valence-electron chi connectivity index (χ1n) is 4.90. The molecule has 2 aromatic heterocycles. The van der Waals surface area contributed by atoms with Gasteiger partial charge >= 0.3 is 0 Å². The number of fused-ring (bicyclic) bond motifs is 1. The highest BCUT2D eigenvalue weighted by molar-refractivity contribution is 5.59. The van der Waals surface area contributed by atoms with E-state index in [-0.39, 0.29) is 0 Å². The van der Waals surface area contributed by atoms with Gasteiger partial charge in [0.2, 0.25) is 0 Å². The van der Waals surface area contributed by atoms with Crippen molar-refractivity contribution < 1.29 is 4.74 Å². The number of hydrogen-bond acceptors (Lipinski definition) is 4. The molecule has 1 N–H and O–H groups in total. The zero-order valence-corrected chi connectivity index (χ0v) is 9.19. The average Bonchev–Trinajstić information content (AvgIpc) is 2.67. The second-order valence-electron chi connectivity index (χ2n) is 3.34. The van der Waals surface area contributed by atoms with Crippen LogP contribution >= 0.6 is 0 Å². The summed E-state index contributed by atoms with van der Waals surface area (Å²) in [5.41, 5.74) is 1.24. The minimum Gasteiger partial charge on any atom is -0.495 e. The van der Waals surface area contributed by atoms with Gasteiger partial charge in [0, 0.05) is 0 Å². The van der Waals surface area contributed by atoms with Crippen molar-refractivity contribution in [2.24, 2.45) is 0 Å². The lowest BCUT2D eigenvalue weighted by molar-refractivity contribution is 0.412. The number of hydrogen-bond donors (Lipinski definition) is 1. The fraction of sp³-hybridized carbons (Fsp3) is 0.273. The molecule has 16 heavy (non-hydrogen) atoms. The lowest BCUT2D eigenvalue weighted by Crippen LogP contribution is -2.08.